The van der Waals surface area contributed by atoms with Crippen molar-refractivity contribution in [3.63, 3.8) is 0 Å². The first kappa shape index (κ1) is 18.9. The number of likely N-dealkylation sites (tertiary alicyclic amines) is 1. The van der Waals surface area contributed by atoms with E-state index in [2.05, 4.69) is 15.5 Å². The van der Waals surface area contributed by atoms with Crippen molar-refractivity contribution in [3.8, 4) is 0 Å². The van der Waals surface area contributed by atoms with E-state index in [1.165, 1.54) is 11.3 Å². The number of nitrogens with zero attached hydrogens (tertiary/aromatic N) is 1. The third-order valence-electron chi connectivity index (χ3n) is 4.47. The molecule has 1 aromatic carbocycles. The Morgan fingerprint density at radius 2 is 1.92 bits per heavy atom. The number of thiophene rings is 1. The summed E-state index contributed by atoms with van der Waals surface area (Å²) in [4.78, 5) is 27.2. The fourth-order valence-electron chi connectivity index (χ4n) is 3.00. The molecule has 1 fully saturated rings. The summed E-state index contributed by atoms with van der Waals surface area (Å²) in [5.41, 5.74) is 0.647. The number of rotatable bonds is 6. The number of carbonyl (C=O) groups excluding carboxylic acids is 2. The Morgan fingerprint density at radius 1 is 1.15 bits per heavy atom. The van der Waals surface area contributed by atoms with Crippen molar-refractivity contribution in [2.75, 3.05) is 25.0 Å². The number of hydrogen-bond donors (Lipinski definition) is 2. The number of para-hydroxylation sites is 1. The molecule has 0 bridgehead atoms. The third-order valence-corrected chi connectivity index (χ3v) is 5.67. The van der Waals surface area contributed by atoms with Gasteiger partial charge in [0.25, 0.3) is 5.91 Å². The molecule has 2 aromatic rings. The molecule has 1 aliphatic heterocycles. The highest BCUT2D eigenvalue weighted by atomic mass is 35.5. The second kappa shape index (κ2) is 9.16. The number of benzene rings is 1. The van der Waals surface area contributed by atoms with Gasteiger partial charge in [-0.15, -0.1) is 11.3 Å². The van der Waals surface area contributed by atoms with Crippen molar-refractivity contribution in [1.82, 2.24) is 10.2 Å². The third kappa shape index (κ3) is 5.30. The molecule has 5 nitrogen and oxygen atoms in total. The summed E-state index contributed by atoms with van der Waals surface area (Å²) < 4.78 is 0. The Morgan fingerprint density at radius 3 is 2.62 bits per heavy atom. The Balaban J connectivity index is 1.37. The lowest BCUT2D eigenvalue weighted by atomic mass is 10.0. The van der Waals surface area contributed by atoms with E-state index in [4.69, 9.17) is 11.6 Å². The summed E-state index contributed by atoms with van der Waals surface area (Å²) >= 11 is 7.51. The molecule has 3 rings (SSSR count). The number of carbonyl (C=O) groups is 2. The Bertz CT molecular complexity index is 743. The van der Waals surface area contributed by atoms with E-state index in [0.717, 1.165) is 30.8 Å². The van der Waals surface area contributed by atoms with Gasteiger partial charge in [0.15, 0.2) is 0 Å². The molecule has 0 radical (unpaired) electrons. The van der Waals surface area contributed by atoms with Crippen LogP contribution >= 0.6 is 22.9 Å². The smallest absolute Gasteiger partial charge is 0.261 e. The lowest BCUT2D eigenvalue weighted by Gasteiger charge is -2.32. The van der Waals surface area contributed by atoms with Crippen LogP contribution in [0.4, 0.5) is 5.69 Å². The molecular formula is C19H22ClN3O2S. The van der Waals surface area contributed by atoms with Crippen molar-refractivity contribution in [3.05, 3.63) is 51.7 Å². The van der Waals surface area contributed by atoms with E-state index in [0.29, 0.717) is 23.7 Å². The second-order valence-corrected chi connectivity index (χ2v) is 7.70. The molecular weight excluding hydrogens is 370 g/mol. The number of amides is 2. The standard InChI is InChI=1S/C19H22ClN3O2S/c20-15-4-1-2-5-16(15)22-18(24)9-12-23-10-7-14(8-11-23)21-19(25)17-6-3-13-26-17/h1-6,13-14H,7-12H2,(H,21,25)(H,22,24). The van der Waals surface area contributed by atoms with Gasteiger partial charge in [0.2, 0.25) is 5.91 Å². The first-order chi connectivity index (χ1) is 12.6. The van der Waals surface area contributed by atoms with E-state index in [-0.39, 0.29) is 17.9 Å². The van der Waals surface area contributed by atoms with Crippen molar-refractivity contribution in [2.24, 2.45) is 0 Å². The minimum absolute atomic E-state index is 0.0116. The highest BCUT2D eigenvalue weighted by Crippen LogP contribution is 2.20. The fraction of sp³-hybridized carbons (Fsp3) is 0.368. The van der Waals surface area contributed by atoms with Crippen LogP contribution in [0.25, 0.3) is 0 Å². The fourth-order valence-corrected chi connectivity index (χ4v) is 3.81. The van der Waals surface area contributed by atoms with Gasteiger partial charge in [-0.3, -0.25) is 9.59 Å². The molecule has 2 heterocycles. The summed E-state index contributed by atoms with van der Waals surface area (Å²) in [7, 11) is 0. The van der Waals surface area contributed by atoms with Gasteiger partial charge in [-0.25, -0.2) is 0 Å². The van der Waals surface area contributed by atoms with Gasteiger partial charge >= 0.3 is 0 Å². The molecule has 0 saturated carbocycles. The predicted octanol–water partition coefficient (Wildman–Crippen LogP) is 3.62. The zero-order valence-corrected chi connectivity index (χ0v) is 16.0. The van der Waals surface area contributed by atoms with Crippen LogP contribution in [0.5, 0.6) is 0 Å². The minimum atomic E-state index is -0.0359. The number of halogens is 1. The van der Waals surface area contributed by atoms with Gasteiger partial charge in [-0.05, 0) is 36.4 Å². The predicted molar refractivity (Wildman–Crippen MR) is 106 cm³/mol. The van der Waals surface area contributed by atoms with Crippen molar-refractivity contribution < 1.29 is 9.59 Å². The summed E-state index contributed by atoms with van der Waals surface area (Å²) in [5, 5.41) is 8.40. The topological polar surface area (TPSA) is 61.4 Å². The summed E-state index contributed by atoms with van der Waals surface area (Å²) in [5.74, 6) is -0.0243. The normalized spacial score (nSPS) is 15.6. The van der Waals surface area contributed by atoms with E-state index in [1.54, 1.807) is 12.1 Å². The maximum Gasteiger partial charge on any atom is 0.261 e. The zero-order valence-electron chi connectivity index (χ0n) is 14.4. The second-order valence-electron chi connectivity index (χ2n) is 6.34. The van der Waals surface area contributed by atoms with Crippen molar-refractivity contribution >= 4 is 40.4 Å². The largest absolute Gasteiger partial charge is 0.349 e. The first-order valence-corrected chi connectivity index (χ1v) is 9.98. The summed E-state index contributed by atoms with van der Waals surface area (Å²) in [6.07, 6.45) is 2.24. The molecule has 0 aliphatic carbocycles. The van der Waals surface area contributed by atoms with Gasteiger partial charge in [-0.1, -0.05) is 29.8 Å². The zero-order chi connectivity index (χ0) is 18.4. The van der Waals surface area contributed by atoms with Crippen LogP contribution in [0.15, 0.2) is 41.8 Å². The van der Waals surface area contributed by atoms with E-state index >= 15 is 0 Å². The Labute approximate surface area is 162 Å². The van der Waals surface area contributed by atoms with Crippen molar-refractivity contribution in [2.45, 2.75) is 25.3 Å². The van der Waals surface area contributed by atoms with E-state index < -0.39 is 0 Å². The van der Waals surface area contributed by atoms with Crippen LogP contribution in [-0.2, 0) is 4.79 Å². The van der Waals surface area contributed by atoms with Crippen LogP contribution < -0.4 is 10.6 Å². The van der Waals surface area contributed by atoms with Gasteiger partial charge in [0.05, 0.1) is 15.6 Å². The minimum Gasteiger partial charge on any atom is -0.349 e. The van der Waals surface area contributed by atoms with Crippen LogP contribution in [0.1, 0.15) is 28.9 Å². The number of piperidine rings is 1. The average molecular weight is 392 g/mol. The van der Waals surface area contributed by atoms with Crippen LogP contribution in [0, 0.1) is 0 Å². The van der Waals surface area contributed by atoms with Crippen LogP contribution in [-0.4, -0.2) is 42.4 Å². The number of nitrogens with one attached hydrogen (secondary N) is 2. The lowest BCUT2D eigenvalue weighted by Crippen LogP contribution is -2.45. The SMILES string of the molecule is O=C(CCN1CCC(NC(=O)c2cccs2)CC1)Nc1ccccc1Cl. The summed E-state index contributed by atoms with van der Waals surface area (Å²) in [6, 6.07) is 11.2. The van der Waals surface area contributed by atoms with Crippen LogP contribution in [0.2, 0.25) is 5.02 Å². The maximum atomic E-state index is 12.1. The highest BCUT2D eigenvalue weighted by molar-refractivity contribution is 7.12. The molecule has 1 aliphatic rings. The van der Waals surface area contributed by atoms with Gasteiger partial charge in [-0.2, -0.15) is 0 Å². The quantitative estimate of drug-likeness (QED) is 0.790. The molecule has 2 amide bonds. The molecule has 2 N–H and O–H groups in total. The molecule has 0 spiro atoms. The highest BCUT2D eigenvalue weighted by Gasteiger charge is 2.21. The molecule has 7 heteroatoms. The van der Waals surface area contributed by atoms with Gasteiger partial charge < -0.3 is 15.5 Å². The van der Waals surface area contributed by atoms with Crippen molar-refractivity contribution in [1.29, 1.82) is 0 Å². The maximum absolute atomic E-state index is 12.1. The van der Waals surface area contributed by atoms with Gasteiger partial charge in [0.1, 0.15) is 0 Å². The number of anilines is 1. The Hall–Kier alpha value is -1.89. The molecule has 1 aromatic heterocycles. The van der Waals surface area contributed by atoms with E-state index in [9.17, 15) is 9.59 Å². The molecule has 1 saturated heterocycles. The van der Waals surface area contributed by atoms with Crippen LogP contribution in [0.3, 0.4) is 0 Å². The monoisotopic (exact) mass is 391 g/mol. The first-order valence-electron chi connectivity index (χ1n) is 8.73. The van der Waals surface area contributed by atoms with Gasteiger partial charge in [0, 0.05) is 32.1 Å². The summed E-state index contributed by atoms with van der Waals surface area (Å²) in [6.45, 7) is 2.48. The number of hydrogen-bond acceptors (Lipinski definition) is 4. The molecule has 26 heavy (non-hydrogen) atoms. The molecule has 138 valence electrons. The lowest BCUT2D eigenvalue weighted by molar-refractivity contribution is -0.116. The van der Waals surface area contributed by atoms with E-state index in [1.807, 2.05) is 29.6 Å². The molecule has 0 atom stereocenters. The average Bonchev–Trinajstić information content (AvgIpc) is 3.18. The molecule has 0 unspecified atom stereocenters. The Kier molecular flexibility index (Phi) is 6.66.